The summed E-state index contributed by atoms with van der Waals surface area (Å²) in [6.45, 7) is 1.61. The first-order chi connectivity index (χ1) is 10.6. The van der Waals surface area contributed by atoms with Gasteiger partial charge in [0.05, 0.1) is 23.4 Å². The molecule has 1 aromatic carbocycles. The van der Waals surface area contributed by atoms with Crippen molar-refractivity contribution in [3.05, 3.63) is 47.3 Å². The van der Waals surface area contributed by atoms with E-state index in [0.29, 0.717) is 11.3 Å². The second kappa shape index (κ2) is 5.93. The van der Waals surface area contributed by atoms with Gasteiger partial charge in [-0.2, -0.15) is 23.5 Å². The van der Waals surface area contributed by atoms with Crippen molar-refractivity contribution < 1.29 is 18.3 Å². The molecule has 1 heterocycles. The van der Waals surface area contributed by atoms with Crippen LogP contribution in [0.25, 0.3) is 0 Å². The monoisotopic (exact) mass is 324 g/mol. The van der Waals surface area contributed by atoms with E-state index < -0.39 is 22.9 Å². The van der Waals surface area contributed by atoms with Crippen molar-refractivity contribution in [3.63, 3.8) is 0 Å². The van der Waals surface area contributed by atoms with Crippen molar-refractivity contribution in [1.29, 1.82) is 5.26 Å². The molecule has 0 aliphatic heterocycles. The fraction of sp³-hybridized carbons (Fsp3) is 0.333. The Morgan fingerprint density at radius 1 is 1.39 bits per heavy atom. The molecule has 1 atom stereocenters. The maximum Gasteiger partial charge on any atom is 0.417 e. The number of hydrogen-bond donors (Lipinski definition) is 2. The summed E-state index contributed by atoms with van der Waals surface area (Å²) in [7, 11) is 1.71. The standard InChI is InChI=1S/C15H15F3N4O/c1-14(23,11-7-21-22(2)8-11)9-20-12-3-4-13(15(16,17)18)10(5-12)6-19/h3-5,7-8,20,23H,9H2,1-2H3/t14-/m1/s1. The highest BCUT2D eigenvalue weighted by Crippen LogP contribution is 2.33. The Kier molecular flexibility index (Phi) is 4.34. The lowest BCUT2D eigenvalue weighted by Gasteiger charge is -2.23. The van der Waals surface area contributed by atoms with Crippen LogP contribution in [0, 0.1) is 11.3 Å². The van der Waals surface area contributed by atoms with Crippen molar-refractivity contribution in [3.8, 4) is 6.07 Å². The maximum atomic E-state index is 12.7. The lowest BCUT2D eigenvalue weighted by atomic mass is 9.99. The SMILES string of the molecule is Cn1cc([C@](C)(O)CNc2ccc(C(F)(F)F)c(C#N)c2)cn1. The highest BCUT2D eigenvalue weighted by atomic mass is 19.4. The van der Waals surface area contributed by atoms with Crippen LogP contribution in [0.4, 0.5) is 18.9 Å². The van der Waals surface area contributed by atoms with Gasteiger partial charge in [0.25, 0.3) is 0 Å². The van der Waals surface area contributed by atoms with Gasteiger partial charge in [-0.15, -0.1) is 0 Å². The van der Waals surface area contributed by atoms with Crippen LogP contribution in [-0.2, 0) is 18.8 Å². The normalized spacial score (nSPS) is 14.1. The van der Waals surface area contributed by atoms with E-state index in [-0.39, 0.29) is 6.54 Å². The summed E-state index contributed by atoms with van der Waals surface area (Å²) in [6.07, 6.45) is -1.42. The quantitative estimate of drug-likeness (QED) is 0.907. The van der Waals surface area contributed by atoms with Crippen molar-refractivity contribution in [2.75, 3.05) is 11.9 Å². The van der Waals surface area contributed by atoms with Crippen molar-refractivity contribution in [2.45, 2.75) is 18.7 Å². The molecule has 0 aliphatic carbocycles. The Balaban J connectivity index is 2.17. The average Bonchev–Trinajstić information content (AvgIpc) is 2.91. The van der Waals surface area contributed by atoms with Gasteiger partial charge < -0.3 is 10.4 Å². The van der Waals surface area contributed by atoms with Gasteiger partial charge in [0, 0.05) is 31.0 Å². The van der Waals surface area contributed by atoms with Crippen LogP contribution >= 0.6 is 0 Å². The number of benzene rings is 1. The van der Waals surface area contributed by atoms with Crippen LogP contribution in [-0.4, -0.2) is 21.4 Å². The number of alkyl halides is 3. The third-order valence-electron chi connectivity index (χ3n) is 3.41. The Bertz CT molecular complexity index is 744. The van der Waals surface area contributed by atoms with E-state index in [0.717, 1.165) is 12.1 Å². The van der Waals surface area contributed by atoms with Crippen LogP contribution in [0.2, 0.25) is 0 Å². The third-order valence-corrected chi connectivity index (χ3v) is 3.41. The molecule has 0 unspecified atom stereocenters. The molecule has 0 saturated heterocycles. The molecule has 0 aliphatic rings. The molecule has 0 spiro atoms. The van der Waals surface area contributed by atoms with E-state index in [2.05, 4.69) is 10.4 Å². The topological polar surface area (TPSA) is 73.9 Å². The van der Waals surface area contributed by atoms with Gasteiger partial charge in [0.1, 0.15) is 5.60 Å². The number of anilines is 1. The van der Waals surface area contributed by atoms with Crippen molar-refractivity contribution >= 4 is 5.69 Å². The molecule has 1 aromatic heterocycles. The number of hydrogen-bond acceptors (Lipinski definition) is 4. The van der Waals surface area contributed by atoms with E-state index in [9.17, 15) is 18.3 Å². The fourth-order valence-electron chi connectivity index (χ4n) is 2.07. The molecule has 0 saturated carbocycles. The van der Waals surface area contributed by atoms with E-state index in [4.69, 9.17) is 5.26 Å². The first-order valence-electron chi connectivity index (χ1n) is 6.70. The molecule has 2 rings (SSSR count). The van der Waals surface area contributed by atoms with Gasteiger partial charge in [-0.05, 0) is 25.1 Å². The molecule has 122 valence electrons. The van der Waals surface area contributed by atoms with E-state index in [1.165, 1.54) is 23.0 Å². The highest BCUT2D eigenvalue weighted by Gasteiger charge is 2.33. The molecular weight excluding hydrogens is 309 g/mol. The smallest absolute Gasteiger partial charge is 0.383 e. The third kappa shape index (κ3) is 3.81. The van der Waals surface area contributed by atoms with Gasteiger partial charge in [0.2, 0.25) is 0 Å². The predicted octanol–water partition coefficient (Wildman–Crippen LogP) is 2.63. The Morgan fingerprint density at radius 2 is 2.09 bits per heavy atom. The van der Waals surface area contributed by atoms with Gasteiger partial charge >= 0.3 is 6.18 Å². The van der Waals surface area contributed by atoms with Gasteiger partial charge in [-0.1, -0.05) is 0 Å². The summed E-state index contributed by atoms with van der Waals surface area (Å²) in [5.41, 5.74) is -1.82. The zero-order valence-corrected chi connectivity index (χ0v) is 12.5. The zero-order chi connectivity index (χ0) is 17.3. The second-order valence-corrected chi connectivity index (χ2v) is 5.40. The number of halogens is 3. The number of nitrogens with one attached hydrogen (secondary N) is 1. The van der Waals surface area contributed by atoms with Gasteiger partial charge in [-0.25, -0.2) is 0 Å². The summed E-state index contributed by atoms with van der Waals surface area (Å²) in [5.74, 6) is 0. The van der Waals surface area contributed by atoms with Crippen molar-refractivity contribution in [2.24, 2.45) is 7.05 Å². The molecule has 23 heavy (non-hydrogen) atoms. The summed E-state index contributed by atoms with van der Waals surface area (Å²) in [6, 6.07) is 4.72. The summed E-state index contributed by atoms with van der Waals surface area (Å²) in [4.78, 5) is 0. The Labute approximate surface area is 131 Å². The molecular formula is C15H15F3N4O. The largest absolute Gasteiger partial charge is 0.417 e. The number of aryl methyl sites for hydroxylation is 1. The molecule has 2 N–H and O–H groups in total. The maximum absolute atomic E-state index is 12.7. The lowest BCUT2D eigenvalue weighted by molar-refractivity contribution is -0.137. The molecule has 2 aromatic rings. The average molecular weight is 324 g/mol. The molecule has 0 bridgehead atoms. The van der Waals surface area contributed by atoms with E-state index >= 15 is 0 Å². The highest BCUT2D eigenvalue weighted by molar-refractivity contribution is 5.54. The second-order valence-electron chi connectivity index (χ2n) is 5.40. The summed E-state index contributed by atoms with van der Waals surface area (Å²) >= 11 is 0. The van der Waals surface area contributed by atoms with Gasteiger partial charge in [0.15, 0.2) is 0 Å². The first kappa shape index (κ1) is 16.8. The van der Waals surface area contributed by atoms with E-state index in [1.807, 2.05) is 0 Å². The van der Waals surface area contributed by atoms with Gasteiger partial charge in [-0.3, -0.25) is 4.68 Å². The van der Waals surface area contributed by atoms with Crippen LogP contribution in [0.15, 0.2) is 30.6 Å². The van der Waals surface area contributed by atoms with Crippen LogP contribution < -0.4 is 5.32 Å². The molecule has 5 nitrogen and oxygen atoms in total. The predicted molar refractivity (Wildman–Crippen MR) is 77.4 cm³/mol. The van der Waals surface area contributed by atoms with E-state index in [1.54, 1.807) is 20.2 Å². The number of nitrogens with zero attached hydrogens (tertiary/aromatic N) is 3. The number of rotatable bonds is 4. The Morgan fingerprint density at radius 3 is 2.61 bits per heavy atom. The lowest BCUT2D eigenvalue weighted by Crippen LogP contribution is -2.30. The summed E-state index contributed by atoms with van der Waals surface area (Å²) < 4.78 is 39.8. The fourth-order valence-corrected chi connectivity index (χ4v) is 2.07. The zero-order valence-electron chi connectivity index (χ0n) is 12.5. The number of aliphatic hydroxyl groups is 1. The van der Waals surface area contributed by atoms with Crippen LogP contribution in [0.5, 0.6) is 0 Å². The minimum absolute atomic E-state index is 0.0505. The van der Waals surface area contributed by atoms with Crippen LogP contribution in [0.3, 0.4) is 0 Å². The number of nitriles is 1. The van der Waals surface area contributed by atoms with Crippen LogP contribution in [0.1, 0.15) is 23.6 Å². The molecule has 8 heteroatoms. The Hall–Kier alpha value is -2.53. The molecule has 0 amide bonds. The number of aromatic nitrogens is 2. The molecule has 0 fully saturated rings. The van der Waals surface area contributed by atoms with Crippen molar-refractivity contribution in [1.82, 2.24) is 9.78 Å². The minimum Gasteiger partial charge on any atom is -0.383 e. The minimum atomic E-state index is -4.58. The molecule has 0 radical (unpaired) electrons. The summed E-state index contributed by atoms with van der Waals surface area (Å²) in [5, 5.41) is 26.1. The first-order valence-corrected chi connectivity index (χ1v) is 6.70.